The van der Waals surface area contributed by atoms with Crippen molar-refractivity contribution in [1.29, 1.82) is 0 Å². The molecular weight excluding hydrogens is 122 g/mol. The Hall–Kier alpha value is -0.820. The third-order valence-electron chi connectivity index (χ3n) is 2.14. The first-order valence-corrected chi connectivity index (χ1v) is 3.62. The van der Waals surface area contributed by atoms with Crippen LogP contribution in [0.4, 0.5) is 0 Å². The Kier molecular flexibility index (Phi) is 1.08. The van der Waals surface area contributed by atoms with E-state index >= 15 is 0 Å². The van der Waals surface area contributed by atoms with Crippen LogP contribution in [0, 0.1) is 6.92 Å². The van der Waals surface area contributed by atoms with E-state index in [0.717, 1.165) is 6.42 Å². The Morgan fingerprint density at radius 2 is 2.30 bits per heavy atom. The summed E-state index contributed by atoms with van der Waals surface area (Å²) in [6, 6.07) is 6.82. The molecule has 1 aromatic carbocycles. The number of benzene rings is 1. The summed E-state index contributed by atoms with van der Waals surface area (Å²) in [5.41, 5.74) is 9.85. The Labute approximate surface area is 60.9 Å². The van der Waals surface area contributed by atoms with Gasteiger partial charge in [-0.2, -0.15) is 0 Å². The zero-order valence-electron chi connectivity index (χ0n) is 6.09. The smallest absolute Gasteiger partial charge is 0.0338 e. The van der Waals surface area contributed by atoms with E-state index in [4.69, 9.17) is 5.73 Å². The lowest BCUT2D eigenvalue weighted by Crippen LogP contribution is -2.24. The Morgan fingerprint density at radius 3 is 2.90 bits per heavy atom. The Balaban J connectivity index is 2.51. The van der Waals surface area contributed by atoms with Crippen LogP contribution in [0.15, 0.2) is 18.2 Å². The number of nitrogens with two attached hydrogens (primary N) is 1. The molecule has 10 heavy (non-hydrogen) atoms. The van der Waals surface area contributed by atoms with Gasteiger partial charge >= 0.3 is 0 Å². The minimum Gasteiger partial charge on any atom is -0.324 e. The SMILES string of the molecule is Cc1ccc2c(c1)C(N)C2. The van der Waals surface area contributed by atoms with Gasteiger partial charge in [0, 0.05) is 6.04 Å². The van der Waals surface area contributed by atoms with Gasteiger partial charge in [-0.15, -0.1) is 0 Å². The zero-order valence-corrected chi connectivity index (χ0v) is 6.09. The van der Waals surface area contributed by atoms with Gasteiger partial charge in [0.15, 0.2) is 0 Å². The van der Waals surface area contributed by atoms with Crippen molar-refractivity contribution in [1.82, 2.24) is 0 Å². The maximum absolute atomic E-state index is 5.76. The number of fused-ring (bicyclic) bond motifs is 1. The highest BCUT2D eigenvalue weighted by molar-refractivity contribution is 5.41. The van der Waals surface area contributed by atoms with E-state index in [0.29, 0.717) is 6.04 Å². The molecule has 0 radical (unpaired) electrons. The molecule has 0 bridgehead atoms. The number of aryl methyl sites for hydroxylation is 1. The van der Waals surface area contributed by atoms with Gasteiger partial charge in [0.1, 0.15) is 0 Å². The molecule has 0 saturated heterocycles. The van der Waals surface area contributed by atoms with Crippen molar-refractivity contribution in [2.24, 2.45) is 5.73 Å². The fraction of sp³-hybridized carbons (Fsp3) is 0.333. The summed E-state index contributed by atoms with van der Waals surface area (Å²) >= 11 is 0. The molecule has 1 nitrogen and oxygen atoms in total. The molecule has 1 heteroatoms. The second-order valence-electron chi connectivity index (χ2n) is 3.01. The van der Waals surface area contributed by atoms with Gasteiger partial charge < -0.3 is 5.73 Å². The predicted molar refractivity (Wildman–Crippen MR) is 41.8 cm³/mol. The van der Waals surface area contributed by atoms with Crippen molar-refractivity contribution < 1.29 is 0 Å². The molecule has 1 atom stereocenters. The van der Waals surface area contributed by atoms with Crippen LogP contribution in [-0.4, -0.2) is 0 Å². The van der Waals surface area contributed by atoms with Crippen molar-refractivity contribution in [2.45, 2.75) is 19.4 Å². The second-order valence-corrected chi connectivity index (χ2v) is 3.01. The van der Waals surface area contributed by atoms with Crippen LogP contribution in [0.3, 0.4) is 0 Å². The van der Waals surface area contributed by atoms with Gasteiger partial charge in [-0.05, 0) is 24.5 Å². The lowest BCUT2D eigenvalue weighted by molar-refractivity contribution is 0.635. The molecule has 0 spiro atoms. The molecule has 0 fully saturated rings. The number of rotatable bonds is 0. The van der Waals surface area contributed by atoms with E-state index in [-0.39, 0.29) is 0 Å². The van der Waals surface area contributed by atoms with Crippen LogP contribution in [0.1, 0.15) is 22.7 Å². The first kappa shape index (κ1) is 5.93. The molecule has 0 saturated carbocycles. The lowest BCUT2D eigenvalue weighted by Gasteiger charge is -2.26. The molecule has 2 N–H and O–H groups in total. The molecule has 0 heterocycles. The van der Waals surface area contributed by atoms with Crippen LogP contribution >= 0.6 is 0 Å². The summed E-state index contributed by atoms with van der Waals surface area (Å²) in [5.74, 6) is 0. The van der Waals surface area contributed by atoms with Gasteiger partial charge in [-0.1, -0.05) is 23.8 Å². The molecule has 0 amide bonds. The molecule has 1 aromatic rings. The maximum Gasteiger partial charge on any atom is 0.0338 e. The highest BCUT2D eigenvalue weighted by Gasteiger charge is 2.21. The van der Waals surface area contributed by atoms with Crippen LogP contribution in [0.25, 0.3) is 0 Å². The van der Waals surface area contributed by atoms with E-state index in [1.165, 1.54) is 16.7 Å². The minimum absolute atomic E-state index is 0.315. The summed E-state index contributed by atoms with van der Waals surface area (Å²) in [7, 11) is 0. The van der Waals surface area contributed by atoms with Crippen LogP contribution in [0.2, 0.25) is 0 Å². The van der Waals surface area contributed by atoms with Crippen LogP contribution in [-0.2, 0) is 6.42 Å². The van der Waals surface area contributed by atoms with Crippen LogP contribution < -0.4 is 5.73 Å². The summed E-state index contributed by atoms with van der Waals surface area (Å²) in [6.07, 6.45) is 1.07. The van der Waals surface area contributed by atoms with Gasteiger partial charge in [0.05, 0.1) is 0 Å². The summed E-state index contributed by atoms with van der Waals surface area (Å²) in [6.45, 7) is 2.10. The molecule has 2 rings (SSSR count). The van der Waals surface area contributed by atoms with Crippen LogP contribution in [0.5, 0.6) is 0 Å². The van der Waals surface area contributed by atoms with E-state index in [1.54, 1.807) is 0 Å². The highest BCUT2D eigenvalue weighted by atomic mass is 14.7. The topological polar surface area (TPSA) is 26.0 Å². The van der Waals surface area contributed by atoms with Crippen molar-refractivity contribution >= 4 is 0 Å². The summed E-state index contributed by atoms with van der Waals surface area (Å²) in [5, 5.41) is 0. The highest BCUT2D eigenvalue weighted by Crippen LogP contribution is 2.31. The average molecular weight is 133 g/mol. The first-order chi connectivity index (χ1) is 4.77. The van der Waals surface area contributed by atoms with Gasteiger partial charge in [-0.3, -0.25) is 0 Å². The van der Waals surface area contributed by atoms with E-state index in [1.807, 2.05) is 0 Å². The third-order valence-corrected chi connectivity index (χ3v) is 2.14. The van der Waals surface area contributed by atoms with Gasteiger partial charge in [-0.25, -0.2) is 0 Å². The minimum atomic E-state index is 0.315. The molecule has 0 aromatic heterocycles. The van der Waals surface area contributed by atoms with Crippen molar-refractivity contribution in [2.75, 3.05) is 0 Å². The molecule has 1 unspecified atom stereocenters. The number of hydrogen-bond donors (Lipinski definition) is 1. The summed E-state index contributed by atoms with van der Waals surface area (Å²) in [4.78, 5) is 0. The standard InChI is InChI=1S/C9H11N/c1-6-2-3-7-5-9(10)8(7)4-6/h2-4,9H,5,10H2,1H3. The molecule has 1 aliphatic rings. The first-order valence-electron chi connectivity index (χ1n) is 3.62. The lowest BCUT2D eigenvalue weighted by atomic mass is 9.83. The third kappa shape index (κ3) is 0.673. The predicted octanol–water partition coefficient (Wildman–Crippen LogP) is 1.55. The Morgan fingerprint density at radius 1 is 1.50 bits per heavy atom. The fourth-order valence-corrected chi connectivity index (χ4v) is 1.46. The normalized spacial score (nSPS) is 21.6. The van der Waals surface area contributed by atoms with Gasteiger partial charge in [0.25, 0.3) is 0 Å². The van der Waals surface area contributed by atoms with E-state index < -0.39 is 0 Å². The van der Waals surface area contributed by atoms with Gasteiger partial charge in [0.2, 0.25) is 0 Å². The Bertz CT molecular complexity index is 265. The monoisotopic (exact) mass is 133 g/mol. The quantitative estimate of drug-likeness (QED) is 0.571. The second kappa shape index (κ2) is 1.83. The summed E-state index contributed by atoms with van der Waals surface area (Å²) < 4.78 is 0. The number of hydrogen-bond acceptors (Lipinski definition) is 1. The largest absolute Gasteiger partial charge is 0.324 e. The van der Waals surface area contributed by atoms with Crippen molar-refractivity contribution in [3.8, 4) is 0 Å². The molecular formula is C9H11N. The average Bonchev–Trinajstić information content (AvgIpc) is 1.92. The van der Waals surface area contributed by atoms with Crippen molar-refractivity contribution in [3.63, 3.8) is 0 Å². The molecule has 0 aliphatic heterocycles. The van der Waals surface area contributed by atoms with E-state index in [2.05, 4.69) is 25.1 Å². The molecule has 1 aliphatic carbocycles. The van der Waals surface area contributed by atoms with E-state index in [9.17, 15) is 0 Å². The molecule has 52 valence electrons. The maximum atomic E-state index is 5.76. The fourth-order valence-electron chi connectivity index (χ4n) is 1.46. The zero-order chi connectivity index (χ0) is 7.14. The van der Waals surface area contributed by atoms with Crippen molar-refractivity contribution in [3.05, 3.63) is 34.9 Å².